The molecule has 1 heterocycles. The van der Waals surface area contributed by atoms with E-state index >= 15 is 0 Å². The maximum Gasteiger partial charge on any atom is 0.216 e. The van der Waals surface area contributed by atoms with Gasteiger partial charge in [-0.3, -0.25) is 4.79 Å². The van der Waals surface area contributed by atoms with Crippen LogP contribution in [0.5, 0.6) is 5.75 Å². The molecule has 0 unspecified atom stereocenters. The van der Waals surface area contributed by atoms with Crippen LogP contribution in [0.1, 0.15) is 16.6 Å². The van der Waals surface area contributed by atoms with E-state index in [4.69, 9.17) is 8.85 Å². The third-order valence-corrected chi connectivity index (χ3v) is 2.63. The van der Waals surface area contributed by atoms with E-state index in [0.717, 1.165) is 16.5 Å². The Hall–Kier alpha value is -1.97. The topological polar surface area (TPSA) is 54.1 Å². The molecule has 2 rings (SSSR count). The van der Waals surface area contributed by atoms with Crippen LogP contribution in [-0.4, -0.2) is 24.5 Å². The minimum Gasteiger partial charge on any atom is -0.497 e. The van der Waals surface area contributed by atoms with Crippen LogP contribution in [0.2, 0.25) is 0 Å². The smallest absolute Gasteiger partial charge is 0.216 e. The number of carbonyl (C=O) groups excluding carboxylic acids is 1. The van der Waals surface area contributed by atoms with E-state index in [2.05, 4.69) is 10.3 Å². The summed E-state index contributed by atoms with van der Waals surface area (Å²) in [6.45, 7) is 2.00. The molecular weight excluding hydrogens is 216 g/mol. The lowest BCUT2D eigenvalue weighted by atomic mass is 10.1. The van der Waals surface area contributed by atoms with Gasteiger partial charge in [0.1, 0.15) is 5.75 Å². The highest BCUT2D eigenvalue weighted by Gasteiger charge is 2.05. The van der Waals surface area contributed by atoms with Gasteiger partial charge in [-0.1, -0.05) is 0 Å². The summed E-state index contributed by atoms with van der Waals surface area (Å²) in [7, 11) is -2.46. The van der Waals surface area contributed by atoms with Crippen molar-refractivity contribution in [3.05, 3.63) is 30.0 Å². The molecule has 1 aromatic carbocycles. The molecule has 2 N–H and O–H groups in total. The van der Waals surface area contributed by atoms with Crippen molar-refractivity contribution in [3.63, 3.8) is 0 Å². The lowest BCUT2D eigenvalue weighted by Crippen LogP contribution is -2.22. The van der Waals surface area contributed by atoms with E-state index in [1.54, 1.807) is 18.2 Å². The first-order chi connectivity index (χ1) is 9.35. The predicted molar refractivity (Wildman–Crippen MR) is 67.2 cm³/mol. The molecule has 4 heteroatoms. The number of nitrogens with one attached hydrogen (secondary N) is 2. The highest BCUT2D eigenvalue weighted by atomic mass is 16.5. The Balaban J connectivity index is 2.19. The number of aromatic amines is 1. The number of amides is 1. The van der Waals surface area contributed by atoms with Gasteiger partial charge in [-0.05, 0) is 30.2 Å². The summed E-state index contributed by atoms with van der Waals surface area (Å²) in [5.74, 6) is 0.231. The fourth-order valence-corrected chi connectivity index (χ4v) is 1.80. The van der Waals surface area contributed by atoms with Crippen molar-refractivity contribution in [1.29, 1.82) is 0 Å². The molecule has 0 fully saturated rings. The zero-order chi connectivity index (χ0) is 14.8. The third-order valence-electron chi connectivity index (χ3n) is 2.63. The van der Waals surface area contributed by atoms with Crippen LogP contribution in [0.25, 0.3) is 10.9 Å². The fraction of sp³-hybridized carbons (Fsp3) is 0.308. The zero-order valence-electron chi connectivity index (χ0n) is 12.5. The third kappa shape index (κ3) is 2.58. The lowest BCUT2D eigenvalue weighted by molar-refractivity contribution is -0.118. The molecule has 0 aliphatic heterocycles. The van der Waals surface area contributed by atoms with Gasteiger partial charge in [0.25, 0.3) is 0 Å². The van der Waals surface area contributed by atoms with Gasteiger partial charge >= 0.3 is 0 Å². The molecule has 0 spiro atoms. The first-order valence-corrected chi connectivity index (χ1v) is 5.38. The Morgan fingerprint density at radius 2 is 2.47 bits per heavy atom. The van der Waals surface area contributed by atoms with Gasteiger partial charge in [-0.25, -0.2) is 0 Å². The molecule has 2 aromatic rings. The maximum absolute atomic E-state index is 10.8. The van der Waals surface area contributed by atoms with Gasteiger partial charge in [0, 0.05) is 30.6 Å². The molecule has 90 valence electrons. The normalized spacial score (nSPS) is 13.8. The molecule has 1 aromatic heterocycles. The second-order valence-electron chi connectivity index (χ2n) is 3.86. The average molecular weight is 238 g/mol. The van der Waals surface area contributed by atoms with Crippen molar-refractivity contribution in [2.75, 3.05) is 13.6 Å². The van der Waals surface area contributed by atoms with Crippen LogP contribution in [0.3, 0.4) is 0 Å². The van der Waals surface area contributed by atoms with Gasteiger partial charge < -0.3 is 15.0 Å². The average Bonchev–Trinajstić information content (AvgIpc) is 2.69. The molecular formula is C13H16N2O2. The SMILES string of the molecule is [3H]C([3H])([3H])Oc1ccc2[nH]cc(CCNC(C)=O)c2c1. The Morgan fingerprint density at radius 3 is 3.24 bits per heavy atom. The first-order valence-electron chi connectivity index (χ1n) is 6.88. The minimum atomic E-state index is -2.46. The standard InChI is InChI=1S/C13H16N2O2/c1-9(16)14-6-5-10-8-15-13-4-3-11(17-2)7-12(10)13/h3-4,7-8,15H,5-6H2,1-2H3,(H,14,16)/i2T3. The lowest BCUT2D eigenvalue weighted by Gasteiger charge is -2.03. The largest absolute Gasteiger partial charge is 0.497 e. The van der Waals surface area contributed by atoms with Crippen LogP contribution in [0.15, 0.2) is 24.4 Å². The summed E-state index contributed by atoms with van der Waals surface area (Å²) in [5.41, 5.74) is 1.91. The number of hydrogen-bond acceptors (Lipinski definition) is 2. The van der Waals surface area contributed by atoms with Crippen molar-refractivity contribution in [2.24, 2.45) is 0 Å². The number of methoxy groups -OCH3 is 1. The van der Waals surface area contributed by atoms with E-state index < -0.39 is 7.04 Å². The number of H-pyrrole nitrogens is 1. The molecule has 17 heavy (non-hydrogen) atoms. The van der Waals surface area contributed by atoms with Crippen molar-refractivity contribution in [2.45, 2.75) is 13.3 Å². The summed E-state index contributed by atoms with van der Waals surface area (Å²) in [6, 6.07) is 5.09. The van der Waals surface area contributed by atoms with Crippen LogP contribution in [-0.2, 0) is 11.2 Å². The van der Waals surface area contributed by atoms with Crippen molar-refractivity contribution in [1.82, 2.24) is 10.3 Å². The Bertz CT molecular complexity index is 620. The highest BCUT2D eigenvalue weighted by Crippen LogP contribution is 2.23. The molecule has 0 atom stereocenters. The Kier molecular flexibility index (Phi) is 2.36. The molecule has 0 saturated heterocycles. The fourth-order valence-electron chi connectivity index (χ4n) is 1.80. The van der Waals surface area contributed by atoms with E-state index in [1.807, 2.05) is 6.20 Å². The van der Waals surface area contributed by atoms with E-state index in [0.29, 0.717) is 18.7 Å². The number of hydrogen-bond donors (Lipinski definition) is 2. The molecule has 4 nitrogen and oxygen atoms in total. The van der Waals surface area contributed by atoms with E-state index in [1.165, 1.54) is 6.92 Å². The second kappa shape index (κ2) is 4.91. The first kappa shape index (κ1) is 8.17. The van der Waals surface area contributed by atoms with E-state index in [9.17, 15) is 4.79 Å². The quantitative estimate of drug-likeness (QED) is 0.854. The minimum absolute atomic E-state index is 0.0729. The molecule has 0 saturated carbocycles. The Labute approximate surface area is 104 Å². The number of benzene rings is 1. The van der Waals surface area contributed by atoms with Crippen LogP contribution in [0.4, 0.5) is 0 Å². The van der Waals surface area contributed by atoms with Crippen LogP contribution >= 0.6 is 0 Å². The van der Waals surface area contributed by atoms with Gasteiger partial charge in [0.05, 0.1) is 11.2 Å². The summed E-state index contributed by atoms with van der Waals surface area (Å²) in [4.78, 5) is 14.0. The molecule has 0 bridgehead atoms. The highest BCUT2D eigenvalue weighted by molar-refractivity contribution is 5.84. The van der Waals surface area contributed by atoms with Gasteiger partial charge in [-0.15, -0.1) is 0 Å². The van der Waals surface area contributed by atoms with Crippen molar-refractivity contribution < 1.29 is 13.6 Å². The molecule has 0 aliphatic rings. The monoisotopic (exact) mass is 238 g/mol. The number of aromatic nitrogens is 1. The second-order valence-corrected chi connectivity index (χ2v) is 3.86. The van der Waals surface area contributed by atoms with Gasteiger partial charge in [0.2, 0.25) is 5.91 Å². The zero-order valence-corrected chi connectivity index (χ0v) is 9.54. The summed E-state index contributed by atoms with van der Waals surface area (Å²) >= 11 is 0. The Morgan fingerprint density at radius 1 is 1.59 bits per heavy atom. The van der Waals surface area contributed by atoms with Crippen LogP contribution < -0.4 is 10.1 Å². The van der Waals surface area contributed by atoms with Crippen molar-refractivity contribution >= 4 is 16.8 Å². The number of carbonyl (C=O) groups is 1. The van der Waals surface area contributed by atoms with Crippen molar-refractivity contribution in [3.8, 4) is 5.75 Å². The molecule has 0 radical (unpaired) electrons. The van der Waals surface area contributed by atoms with Gasteiger partial charge in [-0.2, -0.15) is 0 Å². The van der Waals surface area contributed by atoms with Crippen LogP contribution in [0, 0.1) is 0 Å². The summed E-state index contributed by atoms with van der Waals surface area (Å²) in [5, 5.41) is 3.63. The summed E-state index contributed by atoms with van der Waals surface area (Å²) in [6.07, 6.45) is 2.52. The van der Waals surface area contributed by atoms with Gasteiger partial charge in [0.15, 0.2) is 0 Å². The molecule has 0 aliphatic carbocycles. The number of ether oxygens (including phenoxy) is 1. The molecule has 1 amide bonds. The number of rotatable bonds is 4. The maximum atomic E-state index is 10.8. The number of fused-ring (bicyclic) bond motifs is 1. The summed E-state index contributed by atoms with van der Waals surface area (Å²) < 4.78 is 26.2. The van der Waals surface area contributed by atoms with E-state index in [-0.39, 0.29) is 5.91 Å². The predicted octanol–water partition coefficient (Wildman–Crippen LogP) is 1.86.